The number of thioether (sulfide) groups is 1. The zero-order valence-electron chi connectivity index (χ0n) is 7.93. The first-order chi connectivity index (χ1) is 6.83. The van der Waals surface area contributed by atoms with Crippen molar-refractivity contribution in [3.05, 3.63) is 11.9 Å². The third-order valence-electron chi connectivity index (χ3n) is 2.29. The molecule has 0 aromatic carbocycles. The Hall–Kier alpha value is -1.04. The Morgan fingerprint density at radius 3 is 3.43 bits per heavy atom. The average Bonchev–Trinajstić information content (AvgIpc) is 2.64. The van der Waals surface area contributed by atoms with Gasteiger partial charge in [0.05, 0.1) is 18.4 Å². The normalized spacial score (nSPS) is 20.4. The minimum absolute atomic E-state index is 0.0528. The van der Waals surface area contributed by atoms with Crippen LogP contribution in [0, 0.1) is 0 Å². The van der Waals surface area contributed by atoms with Gasteiger partial charge in [-0.15, -0.1) is 5.10 Å². The molecule has 0 spiro atoms. The van der Waals surface area contributed by atoms with Gasteiger partial charge in [-0.3, -0.25) is 4.79 Å². The second-order valence-corrected chi connectivity index (χ2v) is 4.17. The molecule has 0 fully saturated rings. The van der Waals surface area contributed by atoms with Gasteiger partial charge in [0.15, 0.2) is 0 Å². The van der Waals surface area contributed by atoms with Gasteiger partial charge >= 0.3 is 0 Å². The van der Waals surface area contributed by atoms with Crippen LogP contribution in [0.1, 0.15) is 18.2 Å². The monoisotopic (exact) mass is 212 g/mol. The molecular formula is C8H12N4OS. The minimum Gasteiger partial charge on any atom is -0.349 e. The molecule has 0 radical (unpaired) electrons. The molecule has 0 unspecified atom stereocenters. The van der Waals surface area contributed by atoms with Crippen LogP contribution in [0.5, 0.6) is 0 Å². The summed E-state index contributed by atoms with van der Waals surface area (Å²) in [7, 11) is 0. The Morgan fingerprint density at radius 1 is 1.79 bits per heavy atom. The number of fused-ring (bicyclic) bond motifs is 1. The van der Waals surface area contributed by atoms with E-state index in [4.69, 9.17) is 0 Å². The molecule has 1 aromatic heterocycles. The standard InChI is InChI=1S/C8H12N4OS/c1-14-3-2-7-8(13)9-4-6-5-10-11-12(6)7/h5,7H,2-4H2,1H3,(H,9,13)/t7-/m0/s1. The van der Waals surface area contributed by atoms with Crippen LogP contribution >= 0.6 is 11.8 Å². The van der Waals surface area contributed by atoms with Crippen molar-refractivity contribution in [1.82, 2.24) is 20.3 Å². The number of hydrogen-bond acceptors (Lipinski definition) is 4. The molecule has 1 atom stereocenters. The Balaban J connectivity index is 2.18. The predicted octanol–water partition coefficient (Wildman–Crippen LogP) is 0.202. The number of hydrogen-bond donors (Lipinski definition) is 1. The molecule has 1 aliphatic rings. The molecule has 6 heteroatoms. The highest BCUT2D eigenvalue weighted by molar-refractivity contribution is 7.98. The van der Waals surface area contributed by atoms with E-state index in [0.29, 0.717) is 6.54 Å². The highest BCUT2D eigenvalue weighted by atomic mass is 32.2. The first kappa shape index (κ1) is 9.51. The molecule has 0 bridgehead atoms. The molecule has 1 N–H and O–H groups in total. The molecule has 76 valence electrons. The summed E-state index contributed by atoms with van der Waals surface area (Å²) in [5, 5.41) is 10.6. The van der Waals surface area contributed by atoms with Crippen LogP contribution in [0.15, 0.2) is 6.20 Å². The Bertz CT molecular complexity index is 338. The largest absolute Gasteiger partial charge is 0.349 e. The van der Waals surface area contributed by atoms with Crippen molar-refractivity contribution in [1.29, 1.82) is 0 Å². The van der Waals surface area contributed by atoms with E-state index in [1.54, 1.807) is 22.6 Å². The molecule has 1 aliphatic heterocycles. The Morgan fingerprint density at radius 2 is 2.64 bits per heavy atom. The van der Waals surface area contributed by atoms with Crippen LogP contribution in [0.25, 0.3) is 0 Å². The summed E-state index contributed by atoms with van der Waals surface area (Å²) in [6.07, 6.45) is 4.54. The van der Waals surface area contributed by atoms with Gasteiger partial charge in [0.2, 0.25) is 5.91 Å². The molecule has 0 aliphatic carbocycles. The van der Waals surface area contributed by atoms with Crippen molar-refractivity contribution < 1.29 is 4.79 Å². The van der Waals surface area contributed by atoms with Crippen LogP contribution in [0.3, 0.4) is 0 Å². The molecule has 5 nitrogen and oxygen atoms in total. The smallest absolute Gasteiger partial charge is 0.245 e. The van der Waals surface area contributed by atoms with E-state index in [0.717, 1.165) is 17.9 Å². The van der Waals surface area contributed by atoms with Gasteiger partial charge in [0, 0.05) is 0 Å². The van der Waals surface area contributed by atoms with Gasteiger partial charge < -0.3 is 5.32 Å². The van der Waals surface area contributed by atoms with Crippen molar-refractivity contribution in [2.45, 2.75) is 19.0 Å². The van der Waals surface area contributed by atoms with Crippen molar-refractivity contribution in [3.8, 4) is 0 Å². The van der Waals surface area contributed by atoms with Gasteiger partial charge in [-0.05, 0) is 18.4 Å². The highest BCUT2D eigenvalue weighted by Gasteiger charge is 2.27. The number of carbonyl (C=O) groups excluding carboxylic acids is 1. The lowest BCUT2D eigenvalue weighted by Crippen LogP contribution is -2.39. The van der Waals surface area contributed by atoms with Crippen LogP contribution in [0.4, 0.5) is 0 Å². The molecule has 2 heterocycles. The topological polar surface area (TPSA) is 59.8 Å². The van der Waals surface area contributed by atoms with Gasteiger partial charge in [-0.1, -0.05) is 5.21 Å². The number of aromatic nitrogens is 3. The summed E-state index contributed by atoms with van der Waals surface area (Å²) in [6.45, 7) is 0.543. The first-order valence-corrected chi connectivity index (χ1v) is 5.88. The van der Waals surface area contributed by atoms with E-state index in [2.05, 4.69) is 15.6 Å². The van der Waals surface area contributed by atoms with E-state index in [-0.39, 0.29) is 11.9 Å². The number of amides is 1. The van der Waals surface area contributed by atoms with Crippen LogP contribution < -0.4 is 5.32 Å². The van der Waals surface area contributed by atoms with Crippen molar-refractivity contribution in [2.75, 3.05) is 12.0 Å². The van der Waals surface area contributed by atoms with E-state index in [1.165, 1.54) is 0 Å². The predicted molar refractivity (Wildman–Crippen MR) is 53.9 cm³/mol. The molecule has 2 rings (SSSR count). The molecule has 1 amide bonds. The van der Waals surface area contributed by atoms with E-state index < -0.39 is 0 Å². The number of carbonyl (C=O) groups is 1. The third-order valence-corrected chi connectivity index (χ3v) is 2.93. The van der Waals surface area contributed by atoms with Crippen LogP contribution in [-0.2, 0) is 11.3 Å². The Kier molecular flexibility index (Phi) is 2.72. The van der Waals surface area contributed by atoms with Gasteiger partial charge in [0.25, 0.3) is 0 Å². The molecule has 1 aromatic rings. The summed E-state index contributed by atoms with van der Waals surface area (Å²) >= 11 is 1.73. The third kappa shape index (κ3) is 1.61. The van der Waals surface area contributed by atoms with Crippen LogP contribution in [-0.4, -0.2) is 32.9 Å². The quantitative estimate of drug-likeness (QED) is 0.777. The maximum atomic E-state index is 11.6. The van der Waals surface area contributed by atoms with Gasteiger partial charge in [0.1, 0.15) is 6.04 Å². The summed E-state index contributed by atoms with van der Waals surface area (Å²) in [5.41, 5.74) is 0.982. The number of nitrogens with zero attached hydrogens (tertiary/aromatic N) is 3. The molecular weight excluding hydrogens is 200 g/mol. The first-order valence-electron chi connectivity index (χ1n) is 4.48. The van der Waals surface area contributed by atoms with Gasteiger partial charge in [-0.2, -0.15) is 11.8 Å². The second kappa shape index (κ2) is 4.00. The summed E-state index contributed by atoms with van der Waals surface area (Å²) in [5.74, 6) is 1.01. The number of rotatable bonds is 3. The second-order valence-electron chi connectivity index (χ2n) is 3.18. The van der Waals surface area contributed by atoms with E-state index >= 15 is 0 Å². The van der Waals surface area contributed by atoms with Crippen molar-refractivity contribution >= 4 is 17.7 Å². The highest BCUT2D eigenvalue weighted by Crippen LogP contribution is 2.18. The lowest BCUT2D eigenvalue weighted by molar-refractivity contribution is -0.126. The number of nitrogens with one attached hydrogen (secondary N) is 1. The van der Waals surface area contributed by atoms with E-state index in [9.17, 15) is 4.79 Å². The zero-order chi connectivity index (χ0) is 9.97. The maximum Gasteiger partial charge on any atom is 0.245 e. The fraction of sp³-hybridized carbons (Fsp3) is 0.625. The lowest BCUT2D eigenvalue weighted by atomic mass is 10.1. The zero-order valence-corrected chi connectivity index (χ0v) is 8.75. The van der Waals surface area contributed by atoms with Crippen molar-refractivity contribution in [2.24, 2.45) is 0 Å². The maximum absolute atomic E-state index is 11.6. The molecule has 0 saturated heterocycles. The fourth-order valence-corrected chi connectivity index (χ4v) is 2.00. The lowest BCUT2D eigenvalue weighted by Gasteiger charge is -2.23. The fourth-order valence-electron chi connectivity index (χ4n) is 1.54. The summed E-state index contributed by atoms with van der Waals surface area (Å²) < 4.78 is 1.73. The molecule has 0 saturated carbocycles. The van der Waals surface area contributed by atoms with Crippen molar-refractivity contribution in [3.63, 3.8) is 0 Å². The summed E-state index contributed by atoms with van der Waals surface area (Å²) in [4.78, 5) is 11.6. The van der Waals surface area contributed by atoms with E-state index in [1.807, 2.05) is 6.26 Å². The molecule has 14 heavy (non-hydrogen) atoms. The van der Waals surface area contributed by atoms with Gasteiger partial charge in [-0.25, -0.2) is 4.68 Å². The SMILES string of the molecule is CSCC[C@H]1C(=O)NCc2cnnn21. The Labute approximate surface area is 86.2 Å². The van der Waals surface area contributed by atoms with Crippen LogP contribution in [0.2, 0.25) is 0 Å². The summed E-state index contributed by atoms with van der Waals surface area (Å²) in [6, 6.07) is -0.173. The average molecular weight is 212 g/mol. The minimum atomic E-state index is -0.173.